The van der Waals surface area contributed by atoms with E-state index in [1.807, 2.05) is 4.90 Å². The van der Waals surface area contributed by atoms with Crippen LogP contribution in [0.25, 0.3) is 0 Å². The van der Waals surface area contributed by atoms with Crippen molar-refractivity contribution in [3.63, 3.8) is 0 Å². The molecule has 0 spiro atoms. The van der Waals surface area contributed by atoms with E-state index in [1.54, 1.807) is 0 Å². The summed E-state index contributed by atoms with van der Waals surface area (Å²) in [6.07, 6.45) is 2.33. The summed E-state index contributed by atoms with van der Waals surface area (Å²) in [6.45, 7) is 14.7. The molecular formula is C22H35N3O2. The monoisotopic (exact) mass is 373 g/mol. The van der Waals surface area contributed by atoms with Crippen LogP contribution < -0.4 is 4.74 Å². The van der Waals surface area contributed by atoms with Gasteiger partial charge in [-0.3, -0.25) is 14.6 Å². The first-order chi connectivity index (χ1) is 13.0. The number of likely N-dealkylation sites (tertiary alicyclic amines) is 1. The molecule has 2 saturated heterocycles. The number of hydrogen-bond donors (Lipinski definition) is 0. The average Bonchev–Trinajstić information content (AvgIpc) is 3.18. The van der Waals surface area contributed by atoms with E-state index in [-0.39, 0.29) is 0 Å². The van der Waals surface area contributed by atoms with E-state index in [0.717, 1.165) is 51.6 Å². The Morgan fingerprint density at radius 2 is 1.70 bits per heavy atom. The molecule has 2 heterocycles. The molecule has 0 bridgehead atoms. The number of carbonyl (C=O) groups is 1. The number of ether oxygens (including phenoxy) is 1. The van der Waals surface area contributed by atoms with Gasteiger partial charge in [-0.25, -0.2) is 0 Å². The maximum atomic E-state index is 12.3. The van der Waals surface area contributed by atoms with Crippen LogP contribution in [0.4, 0.5) is 0 Å². The van der Waals surface area contributed by atoms with Gasteiger partial charge in [0.2, 0.25) is 5.91 Å². The van der Waals surface area contributed by atoms with Gasteiger partial charge in [-0.15, -0.1) is 0 Å². The minimum atomic E-state index is 0.310. The van der Waals surface area contributed by atoms with Crippen molar-refractivity contribution in [2.75, 3.05) is 59.0 Å². The lowest BCUT2D eigenvalue weighted by Gasteiger charge is -2.34. The second-order valence-corrected chi connectivity index (χ2v) is 8.23. The van der Waals surface area contributed by atoms with Crippen molar-refractivity contribution in [3.05, 3.63) is 29.3 Å². The predicted octanol–water partition coefficient (Wildman–Crippen LogP) is 2.74. The Kier molecular flexibility index (Phi) is 7.13. The maximum Gasteiger partial charge on any atom is 0.236 e. The Labute approximate surface area is 164 Å². The van der Waals surface area contributed by atoms with E-state index in [1.165, 1.54) is 24.0 Å². The third-order valence-corrected chi connectivity index (χ3v) is 5.82. The fourth-order valence-corrected chi connectivity index (χ4v) is 4.11. The normalized spacial score (nSPS) is 19.0. The van der Waals surface area contributed by atoms with Crippen LogP contribution in [-0.4, -0.2) is 79.6 Å². The van der Waals surface area contributed by atoms with E-state index in [2.05, 4.69) is 48.8 Å². The summed E-state index contributed by atoms with van der Waals surface area (Å²) in [4.78, 5) is 19.0. The SMILES string of the molecule is Cc1cc(OCCN2CCN(CC(=O)N3CCCC3)CC2)ccc1C(C)C. The number of rotatable bonds is 7. The zero-order valence-corrected chi connectivity index (χ0v) is 17.2. The molecule has 0 radical (unpaired) electrons. The highest BCUT2D eigenvalue weighted by Crippen LogP contribution is 2.23. The minimum absolute atomic E-state index is 0.310. The third-order valence-electron chi connectivity index (χ3n) is 5.82. The molecule has 27 heavy (non-hydrogen) atoms. The lowest BCUT2D eigenvalue weighted by molar-refractivity contribution is -0.131. The van der Waals surface area contributed by atoms with E-state index >= 15 is 0 Å². The topological polar surface area (TPSA) is 36.0 Å². The zero-order valence-electron chi connectivity index (χ0n) is 17.2. The lowest BCUT2D eigenvalue weighted by atomic mass is 9.98. The van der Waals surface area contributed by atoms with Crippen molar-refractivity contribution < 1.29 is 9.53 Å². The maximum absolute atomic E-state index is 12.3. The first-order valence-corrected chi connectivity index (χ1v) is 10.5. The molecule has 2 aliphatic rings. The number of amides is 1. The Bertz CT molecular complexity index is 618. The molecule has 5 nitrogen and oxygen atoms in total. The van der Waals surface area contributed by atoms with Crippen LogP contribution in [0, 0.1) is 6.92 Å². The fraction of sp³-hybridized carbons (Fsp3) is 0.682. The molecule has 3 rings (SSSR count). The molecule has 0 aliphatic carbocycles. The number of piperazine rings is 1. The molecule has 1 aromatic carbocycles. The van der Waals surface area contributed by atoms with E-state index in [9.17, 15) is 4.79 Å². The van der Waals surface area contributed by atoms with Gasteiger partial charge in [-0.2, -0.15) is 0 Å². The fourth-order valence-electron chi connectivity index (χ4n) is 4.11. The van der Waals surface area contributed by atoms with Crippen molar-refractivity contribution in [3.8, 4) is 5.75 Å². The smallest absolute Gasteiger partial charge is 0.236 e. The highest BCUT2D eigenvalue weighted by Gasteiger charge is 2.23. The molecule has 2 fully saturated rings. The summed E-state index contributed by atoms with van der Waals surface area (Å²) in [5, 5.41) is 0. The summed E-state index contributed by atoms with van der Waals surface area (Å²) in [5.74, 6) is 1.82. The Morgan fingerprint density at radius 3 is 2.33 bits per heavy atom. The number of nitrogens with zero attached hydrogens (tertiary/aromatic N) is 3. The number of hydrogen-bond acceptors (Lipinski definition) is 4. The van der Waals surface area contributed by atoms with Gasteiger partial charge in [0.05, 0.1) is 6.54 Å². The van der Waals surface area contributed by atoms with Crippen LogP contribution in [0.3, 0.4) is 0 Å². The largest absolute Gasteiger partial charge is 0.492 e. The van der Waals surface area contributed by atoms with E-state index < -0.39 is 0 Å². The molecule has 1 aromatic rings. The van der Waals surface area contributed by atoms with Crippen molar-refractivity contribution >= 4 is 5.91 Å². The second kappa shape index (κ2) is 9.56. The van der Waals surface area contributed by atoms with Crippen LogP contribution >= 0.6 is 0 Å². The van der Waals surface area contributed by atoms with Crippen LogP contribution in [0.5, 0.6) is 5.75 Å². The van der Waals surface area contributed by atoms with Crippen molar-refractivity contribution in [2.45, 2.75) is 39.5 Å². The summed E-state index contributed by atoms with van der Waals surface area (Å²) < 4.78 is 5.97. The highest BCUT2D eigenvalue weighted by molar-refractivity contribution is 5.78. The molecule has 0 aromatic heterocycles. The van der Waals surface area contributed by atoms with Crippen LogP contribution in [0.15, 0.2) is 18.2 Å². The van der Waals surface area contributed by atoms with Gasteiger partial charge < -0.3 is 9.64 Å². The molecule has 1 amide bonds. The first-order valence-electron chi connectivity index (χ1n) is 10.5. The molecule has 5 heteroatoms. The lowest BCUT2D eigenvalue weighted by Crippen LogP contribution is -2.50. The third kappa shape index (κ3) is 5.69. The van der Waals surface area contributed by atoms with Gasteiger partial charge in [-0.1, -0.05) is 19.9 Å². The zero-order chi connectivity index (χ0) is 19.2. The average molecular weight is 374 g/mol. The van der Waals surface area contributed by atoms with Crippen molar-refractivity contribution in [2.24, 2.45) is 0 Å². The van der Waals surface area contributed by atoms with Crippen molar-refractivity contribution in [1.29, 1.82) is 0 Å². The molecule has 0 atom stereocenters. The number of aryl methyl sites for hydroxylation is 1. The molecule has 0 saturated carbocycles. The van der Waals surface area contributed by atoms with Crippen LogP contribution in [0.2, 0.25) is 0 Å². The Hall–Kier alpha value is -1.59. The molecule has 150 valence electrons. The predicted molar refractivity (Wildman–Crippen MR) is 109 cm³/mol. The van der Waals surface area contributed by atoms with Crippen LogP contribution in [0.1, 0.15) is 43.7 Å². The summed E-state index contributed by atoms with van der Waals surface area (Å²) in [5.41, 5.74) is 2.70. The number of benzene rings is 1. The summed E-state index contributed by atoms with van der Waals surface area (Å²) >= 11 is 0. The Morgan fingerprint density at radius 1 is 1.04 bits per heavy atom. The van der Waals surface area contributed by atoms with Gasteiger partial charge >= 0.3 is 0 Å². The van der Waals surface area contributed by atoms with Gasteiger partial charge in [0.25, 0.3) is 0 Å². The standard InChI is InChI=1S/C22H35N3O2/c1-18(2)21-7-6-20(16-19(21)3)27-15-14-23-10-12-24(13-11-23)17-22(26)25-8-4-5-9-25/h6-7,16,18H,4-5,8-15,17H2,1-3H3. The van der Waals surface area contributed by atoms with Gasteiger partial charge in [-0.05, 0) is 48.9 Å². The molecule has 0 unspecified atom stereocenters. The Balaban J connectivity index is 1.35. The van der Waals surface area contributed by atoms with E-state index in [4.69, 9.17) is 4.74 Å². The minimum Gasteiger partial charge on any atom is -0.492 e. The molecule has 0 N–H and O–H groups in total. The van der Waals surface area contributed by atoms with Crippen molar-refractivity contribution in [1.82, 2.24) is 14.7 Å². The van der Waals surface area contributed by atoms with Gasteiger partial charge in [0, 0.05) is 45.8 Å². The first kappa shape index (κ1) is 20.2. The number of carbonyl (C=O) groups excluding carboxylic acids is 1. The van der Waals surface area contributed by atoms with Gasteiger partial charge in [0.15, 0.2) is 0 Å². The van der Waals surface area contributed by atoms with E-state index in [0.29, 0.717) is 25.0 Å². The highest BCUT2D eigenvalue weighted by atomic mass is 16.5. The summed E-state index contributed by atoms with van der Waals surface area (Å²) in [7, 11) is 0. The van der Waals surface area contributed by atoms with Gasteiger partial charge in [0.1, 0.15) is 12.4 Å². The van der Waals surface area contributed by atoms with Crippen LogP contribution in [-0.2, 0) is 4.79 Å². The second-order valence-electron chi connectivity index (χ2n) is 8.23. The quantitative estimate of drug-likeness (QED) is 0.736. The summed E-state index contributed by atoms with van der Waals surface area (Å²) in [6, 6.07) is 6.42. The molecular weight excluding hydrogens is 338 g/mol. The molecule has 2 aliphatic heterocycles.